The molecule has 2 N–H and O–H groups in total. The normalized spacial score (nSPS) is 14.3. The molecular formula is C9H17NO4. The van der Waals surface area contributed by atoms with Crippen molar-refractivity contribution >= 4 is 11.9 Å². The molecule has 5 heteroatoms. The molecule has 0 aromatic heterocycles. The number of rotatable bonds is 5. The Morgan fingerprint density at radius 2 is 1.57 bits per heavy atom. The lowest BCUT2D eigenvalue weighted by molar-refractivity contribution is -0.155. The maximum atomic E-state index is 11.2. The average Bonchev–Trinajstić information content (AvgIpc) is 2.16. The maximum Gasteiger partial charge on any atom is 0.323 e. The summed E-state index contributed by atoms with van der Waals surface area (Å²) >= 11 is 0. The lowest BCUT2D eigenvalue weighted by Crippen LogP contribution is -2.42. The van der Waals surface area contributed by atoms with Gasteiger partial charge in [-0.05, 0) is 20.8 Å². The summed E-state index contributed by atoms with van der Waals surface area (Å²) in [7, 11) is 0. The molecule has 5 nitrogen and oxygen atoms in total. The van der Waals surface area contributed by atoms with Crippen molar-refractivity contribution in [3.8, 4) is 0 Å². The monoisotopic (exact) mass is 203 g/mol. The molecule has 0 aromatic rings. The molecule has 2 atom stereocenters. The molecule has 0 aromatic carbocycles. The standard InChI is InChI=1S/C9H17NO4/c1-4-13-8(11)6(3)7(10)9(12)14-5-2/h6-7H,4-5,10H2,1-3H3/t6?,7-/m0/s1. The lowest BCUT2D eigenvalue weighted by Gasteiger charge is -2.16. The van der Waals surface area contributed by atoms with Crippen molar-refractivity contribution in [2.24, 2.45) is 11.7 Å². The predicted octanol–water partition coefficient (Wildman–Crippen LogP) is 0.0760. The van der Waals surface area contributed by atoms with Crippen LogP contribution in [0.15, 0.2) is 0 Å². The van der Waals surface area contributed by atoms with Crippen LogP contribution in [0.5, 0.6) is 0 Å². The zero-order valence-corrected chi connectivity index (χ0v) is 8.78. The van der Waals surface area contributed by atoms with E-state index in [1.807, 2.05) is 0 Å². The van der Waals surface area contributed by atoms with E-state index in [0.717, 1.165) is 0 Å². The minimum atomic E-state index is -0.950. The van der Waals surface area contributed by atoms with Crippen LogP contribution in [-0.2, 0) is 19.1 Å². The van der Waals surface area contributed by atoms with Gasteiger partial charge in [-0.2, -0.15) is 0 Å². The summed E-state index contributed by atoms with van der Waals surface area (Å²) in [6.45, 7) is 5.44. The van der Waals surface area contributed by atoms with E-state index in [1.54, 1.807) is 20.8 Å². The molecule has 14 heavy (non-hydrogen) atoms. The third-order valence-corrected chi connectivity index (χ3v) is 1.76. The molecule has 0 radical (unpaired) electrons. The summed E-state index contributed by atoms with van der Waals surface area (Å²) < 4.78 is 9.41. The number of nitrogens with two attached hydrogens (primary N) is 1. The summed E-state index contributed by atoms with van der Waals surface area (Å²) in [5.74, 6) is -1.73. The molecule has 1 unspecified atom stereocenters. The van der Waals surface area contributed by atoms with E-state index in [1.165, 1.54) is 0 Å². The molecule has 82 valence electrons. The number of ether oxygens (including phenoxy) is 2. The van der Waals surface area contributed by atoms with Crippen LogP contribution in [0.4, 0.5) is 0 Å². The van der Waals surface area contributed by atoms with Gasteiger partial charge in [-0.15, -0.1) is 0 Å². The van der Waals surface area contributed by atoms with E-state index in [2.05, 4.69) is 4.74 Å². The molecule has 0 aliphatic carbocycles. The maximum absolute atomic E-state index is 11.2. The van der Waals surface area contributed by atoms with Crippen molar-refractivity contribution in [1.29, 1.82) is 0 Å². The zero-order valence-electron chi connectivity index (χ0n) is 8.78. The largest absolute Gasteiger partial charge is 0.466 e. The second-order valence-corrected chi connectivity index (χ2v) is 2.82. The van der Waals surface area contributed by atoms with Gasteiger partial charge in [0.1, 0.15) is 6.04 Å². The Hall–Kier alpha value is -1.10. The minimum Gasteiger partial charge on any atom is -0.466 e. The second-order valence-electron chi connectivity index (χ2n) is 2.82. The molecule has 0 aliphatic rings. The highest BCUT2D eigenvalue weighted by atomic mass is 16.5. The zero-order chi connectivity index (χ0) is 11.1. The van der Waals surface area contributed by atoms with Crippen LogP contribution in [0.3, 0.4) is 0 Å². The first-order valence-electron chi connectivity index (χ1n) is 4.63. The SMILES string of the molecule is CCOC(=O)C(C)[C@H](N)C(=O)OCC. The van der Waals surface area contributed by atoms with Gasteiger partial charge in [0.05, 0.1) is 19.1 Å². The van der Waals surface area contributed by atoms with Crippen LogP contribution in [0, 0.1) is 5.92 Å². The van der Waals surface area contributed by atoms with E-state index in [0.29, 0.717) is 0 Å². The number of carbonyl (C=O) groups excluding carboxylic acids is 2. The van der Waals surface area contributed by atoms with Gasteiger partial charge in [0.15, 0.2) is 0 Å². The minimum absolute atomic E-state index is 0.252. The Labute approximate surface area is 83.5 Å². The first-order chi connectivity index (χ1) is 6.54. The van der Waals surface area contributed by atoms with Crippen LogP contribution in [0.25, 0.3) is 0 Å². The van der Waals surface area contributed by atoms with E-state index in [-0.39, 0.29) is 13.2 Å². The van der Waals surface area contributed by atoms with Crippen LogP contribution in [-0.4, -0.2) is 31.2 Å². The van der Waals surface area contributed by atoms with Crippen molar-refractivity contribution in [3.05, 3.63) is 0 Å². The fourth-order valence-corrected chi connectivity index (χ4v) is 0.863. The molecule has 0 saturated heterocycles. The molecule has 0 rings (SSSR count). The molecule has 0 bridgehead atoms. The average molecular weight is 203 g/mol. The van der Waals surface area contributed by atoms with Crippen molar-refractivity contribution in [1.82, 2.24) is 0 Å². The third-order valence-electron chi connectivity index (χ3n) is 1.76. The van der Waals surface area contributed by atoms with Crippen molar-refractivity contribution in [2.45, 2.75) is 26.8 Å². The summed E-state index contributed by atoms with van der Waals surface area (Å²) in [6.07, 6.45) is 0. The van der Waals surface area contributed by atoms with Crippen molar-refractivity contribution in [3.63, 3.8) is 0 Å². The van der Waals surface area contributed by atoms with E-state index in [9.17, 15) is 9.59 Å². The van der Waals surface area contributed by atoms with Crippen molar-refractivity contribution in [2.75, 3.05) is 13.2 Å². The summed E-state index contributed by atoms with van der Waals surface area (Å²) in [4.78, 5) is 22.3. The van der Waals surface area contributed by atoms with Crippen molar-refractivity contribution < 1.29 is 19.1 Å². The molecule has 0 amide bonds. The molecule has 0 spiro atoms. The first-order valence-corrected chi connectivity index (χ1v) is 4.63. The predicted molar refractivity (Wildman–Crippen MR) is 50.4 cm³/mol. The molecule has 0 saturated carbocycles. The van der Waals surface area contributed by atoms with E-state index >= 15 is 0 Å². The highest BCUT2D eigenvalue weighted by molar-refractivity contribution is 5.84. The number of esters is 2. The molecule has 0 heterocycles. The van der Waals surface area contributed by atoms with E-state index < -0.39 is 23.9 Å². The highest BCUT2D eigenvalue weighted by Crippen LogP contribution is 2.05. The lowest BCUT2D eigenvalue weighted by atomic mass is 10.0. The van der Waals surface area contributed by atoms with Gasteiger partial charge in [0, 0.05) is 0 Å². The summed E-state index contributed by atoms with van der Waals surface area (Å²) in [5.41, 5.74) is 5.50. The van der Waals surface area contributed by atoms with Gasteiger partial charge in [-0.3, -0.25) is 9.59 Å². The van der Waals surface area contributed by atoms with Gasteiger partial charge < -0.3 is 15.2 Å². The van der Waals surface area contributed by atoms with Gasteiger partial charge in [-0.1, -0.05) is 0 Å². The van der Waals surface area contributed by atoms with Crippen LogP contribution in [0.1, 0.15) is 20.8 Å². The number of hydrogen-bond acceptors (Lipinski definition) is 5. The Morgan fingerprint density at radius 1 is 1.14 bits per heavy atom. The van der Waals surface area contributed by atoms with Gasteiger partial charge in [0.2, 0.25) is 0 Å². The molecule has 0 aliphatic heterocycles. The number of carbonyl (C=O) groups is 2. The Morgan fingerprint density at radius 3 is 2.00 bits per heavy atom. The summed E-state index contributed by atoms with van der Waals surface area (Å²) in [6, 6.07) is -0.950. The Balaban J connectivity index is 4.16. The fraction of sp³-hybridized carbons (Fsp3) is 0.778. The Kier molecular flexibility index (Phi) is 5.87. The van der Waals surface area contributed by atoms with Gasteiger partial charge in [0.25, 0.3) is 0 Å². The second kappa shape index (κ2) is 6.37. The molecular weight excluding hydrogens is 186 g/mol. The fourth-order valence-electron chi connectivity index (χ4n) is 0.863. The van der Waals surface area contributed by atoms with E-state index in [4.69, 9.17) is 10.5 Å². The topological polar surface area (TPSA) is 78.6 Å². The number of hydrogen-bond donors (Lipinski definition) is 1. The third kappa shape index (κ3) is 3.74. The van der Waals surface area contributed by atoms with Crippen LogP contribution in [0.2, 0.25) is 0 Å². The first kappa shape index (κ1) is 12.9. The highest BCUT2D eigenvalue weighted by Gasteiger charge is 2.28. The molecule has 0 fully saturated rings. The van der Waals surface area contributed by atoms with Gasteiger partial charge >= 0.3 is 11.9 Å². The quantitative estimate of drug-likeness (QED) is 0.640. The summed E-state index contributed by atoms with van der Waals surface area (Å²) in [5, 5.41) is 0. The Bertz CT molecular complexity index is 183. The smallest absolute Gasteiger partial charge is 0.323 e. The van der Waals surface area contributed by atoms with Crippen LogP contribution >= 0.6 is 0 Å². The van der Waals surface area contributed by atoms with Gasteiger partial charge in [-0.25, -0.2) is 0 Å². The van der Waals surface area contributed by atoms with Crippen LogP contribution < -0.4 is 5.73 Å².